The van der Waals surface area contributed by atoms with Crippen LogP contribution in [-0.4, -0.2) is 34.5 Å². The van der Waals surface area contributed by atoms with Crippen LogP contribution in [-0.2, 0) is 4.79 Å². The van der Waals surface area contributed by atoms with Crippen molar-refractivity contribution in [3.05, 3.63) is 28.0 Å². The molecule has 0 spiro atoms. The highest BCUT2D eigenvalue weighted by Crippen LogP contribution is 2.21. The molecule has 1 saturated heterocycles. The number of thiophene rings is 1. The molecule has 1 fully saturated rings. The van der Waals surface area contributed by atoms with Gasteiger partial charge in [0.25, 0.3) is 5.91 Å². The Kier molecular flexibility index (Phi) is 5.04. The fourth-order valence-corrected chi connectivity index (χ4v) is 3.78. The van der Waals surface area contributed by atoms with Crippen molar-refractivity contribution in [1.82, 2.24) is 5.32 Å². The lowest BCUT2D eigenvalue weighted by atomic mass is 10.1. The Bertz CT molecular complexity index is 490. The zero-order chi connectivity index (χ0) is 13.7. The van der Waals surface area contributed by atoms with Gasteiger partial charge < -0.3 is 10.4 Å². The van der Waals surface area contributed by atoms with E-state index in [-0.39, 0.29) is 11.9 Å². The van der Waals surface area contributed by atoms with Gasteiger partial charge in [0.2, 0.25) is 0 Å². The van der Waals surface area contributed by atoms with E-state index in [1.54, 1.807) is 11.4 Å². The molecule has 0 radical (unpaired) electrons. The summed E-state index contributed by atoms with van der Waals surface area (Å²) < 4.78 is 0. The largest absolute Gasteiger partial charge is 0.478 e. The van der Waals surface area contributed by atoms with Gasteiger partial charge >= 0.3 is 5.97 Å². The average molecular weight is 297 g/mol. The van der Waals surface area contributed by atoms with Gasteiger partial charge in [-0.2, -0.15) is 11.8 Å². The number of hydrogen-bond donors (Lipinski definition) is 2. The quantitative estimate of drug-likeness (QED) is 0.838. The summed E-state index contributed by atoms with van der Waals surface area (Å²) in [5.74, 6) is 1.06. The molecule has 0 aliphatic carbocycles. The van der Waals surface area contributed by atoms with Gasteiger partial charge in [-0.05, 0) is 47.4 Å². The maximum atomic E-state index is 12.2. The number of thioether (sulfide) groups is 1. The molecular weight excluding hydrogens is 282 g/mol. The molecule has 1 aliphatic heterocycles. The van der Waals surface area contributed by atoms with Gasteiger partial charge in [-0.3, -0.25) is 4.79 Å². The Hall–Kier alpha value is -1.27. The van der Waals surface area contributed by atoms with Crippen molar-refractivity contribution in [1.29, 1.82) is 0 Å². The molecule has 0 bridgehead atoms. The number of carbonyl (C=O) groups excluding carboxylic acids is 1. The van der Waals surface area contributed by atoms with Crippen LogP contribution in [0.25, 0.3) is 6.08 Å². The molecule has 1 amide bonds. The first kappa shape index (κ1) is 14.1. The number of nitrogens with one attached hydrogen (secondary N) is 1. The van der Waals surface area contributed by atoms with Crippen LogP contribution >= 0.6 is 23.1 Å². The first-order chi connectivity index (χ1) is 9.16. The lowest BCUT2D eigenvalue weighted by Crippen LogP contribution is -2.37. The Balaban J connectivity index is 2.02. The summed E-state index contributed by atoms with van der Waals surface area (Å²) >= 11 is 3.25. The number of aliphatic carboxylic acids is 1. The van der Waals surface area contributed by atoms with Gasteiger partial charge in [-0.15, -0.1) is 11.3 Å². The number of carboxylic acid groups (broad SMARTS) is 1. The Morgan fingerprint density at radius 3 is 2.79 bits per heavy atom. The Morgan fingerprint density at radius 2 is 2.11 bits per heavy atom. The number of carboxylic acids is 1. The molecule has 0 saturated carbocycles. The highest BCUT2D eigenvalue weighted by atomic mass is 32.2. The van der Waals surface area contributed by atoms with Crippen LogP contribution in [0.5, 0.6) is 0 Å². The van der Waals surface area contributed by atoms with Crippen molar-refractivity contribution in [3.63, 3.8) is 0 Å². The van der Waals surface area contributed by atoms with Crippen molar-refractivity contribution in [2.24, 2.45) is 0 Å². The summed E-state index contributed by atoms with van der Waals surface area (Å²) in [6, 6.07) is 2.00. The molecule has 4 nitrogen and oxygen atoms in total. The van der Waals surface area contributed by atoms with E-state index < -0.39 is 5.97 Å². The van der Waals surface area contributed by atoms with Crippen LogP contribution in [0.1, 0.15) is 28.1 Å². The molecule has 1 aromatic rings. The molecule has 2 heterocycles. The molecule has 0 aromatic carbocycles. The molecule has 102 valence electrons. The molecule has 1 aliphatic rings. The number of rotatable bonds is 4. The van der Waals surface area contributed by atoms with Gasteiger partial charge in [0.15, 0.2) is 0 Å². The third kappa shape index (κ3) is 4.11. The summed E-state index contributed by atoms with van der Waals surface area (Å²) in [6.07, 6.45) is 4.52. The second-order valence-corrected chi connectivity index (χ2v) is 6.38. The lowest BCUT2D eigenvalue weighted by Gasteiger charge is -2.22. The molecule has 0 unspecified atom stereocenters. The fourth-order valence-electron chi connectivity index (χ4n) is 1.89. The molecule has 2 rings (SSSR count). The van der Waals surface area contributed by atoms with Crippen LogP contribution in [0.2, 0.25) is 0 Å². The van der Waals surface area contributed by atoms with E-state index in [1.807, 2.05) is 11.8 Å². The minimum absolute atomic E-state index is 0.100. The van der Waals surface area contributed by atoms with Gasteiger partial charge in [0, 0.05) is 12.1 Å². The maximum Gasteiger partial charge on any atom is 0.328 e. The van der Waals surface area contributed by atoms with Crippen LogP contribution in [0.15, 0.2) is 17.5 Å². The van der Waals surface area contributed by atoms with Crippen LogP contribution in [0, 0.1) is 0 Å². The predicted octanol–water partition coefficient (Wildman–Crippen LogP) is 2.47. The smallest absolute Gasteiger partial charge is 0.328 e. The lowest BCUT2D eigenvalue weighted by molar-refractivity contribution is -0.131. The van der Waals surface area contributed by atoms with Crippen molar-refractivity contribution < 1.29 is 14.7 Å². The maximum absolute atomic E-state index is 12.2. The van der Waals surface area contributed by atoms with Gasteiger partial charge in [-0.1, -0.05) is 0 Å². The topological polar surface area (TPSA) is 66.4 Å². The van der Waals surface area contributed by atoms with E-state index in [2.05, 4.69) is 5.32 Å². The van der Waals surface area contributed by atoms with Crippen LogP contribution in [0.4, 0.5) is 0 Å². The van der Waals surface area contributed by atoms with Gasteiger partial charge in [0.1, 0.15) is 0 Å². The minimum atomic E-state index is -1.01. The van der Waals surface area contributed by atoms with E-state index in [4.69, 9.17) is 5.11 Å². The summed E-state index contributed by atoms with van der Waals surface area (Å²) in [4.78, 5) is 23.2. The second-order valence-electron chi connectivity index (χ2n) is 4.24. The normalized spacial score (nSPS) is 16.6. The van der Waals surface area contributed by atoms with E-state index in [0.29, 0.717) is 10.4 Å². The second kappa shape index (κ2) is 6.77. The molecular formula is C13H15NO3S2. The van der Waals surface area contributed by atoms with Crippen molar-refractivity contribution >= 4 is 41.1 Å². The molecule has 2 N–H and O–H groups in total. The summed E-state index contributed by atoms with van der Waals surface area (Å²) in [6.45, 7) is 0. The first-order valence-electron chi connectivity index (χ1n) is 6.04. The highest BCUT2D eigenvalue weighted by Gasteiger charge is 2.18. The van der Waals surface area contributed by atoms with Gasteiger partial charge in [0.05, 0.1) is 4.88 Å². The summed E-state index contributed by atoms with van der Waals surface area (Å²) in [5.41, 5.74) is 0.662. The predicted molar refractivity (Wildman–Crippen MR) is 78.8 cm³/mol. The number of carbonyl (C=O) groups is 2. The van der Waals surface area contributed by atoms with E-state index in [9.17, 15) is 9.59 Å². The molecule has 0 atom stereocenters. The molecule has 1 aromatic heterocycles. The Labute approximate surface area is 119 Å². The molecule has 19 heavy (non-hydrogen) atoms. The van der Waals surface area contributed by atoms with Crippen LogP contribution < -0.4 is 5.32 Å². The summed E-state index contributed by atoms with van der Waals surface area (Å²) in [5, 5.41) is 13.4. The van der Waals surface area contributed by atoms with E-state index >= 15 is 0 Å². The van der Waals surface area contributed by atoms with Crippen molar-refractivity contribution in [2.45, 2.75) is 18.9 Å². The monoisotopic (exact) mass is 297 g/mol. The standard InChI is InChI=1S/C13H15NO3S2/c15-11(16)2-1-9-3-8-19-12(9)13(17)14-10-4-6-18-7-5-10/h1-3,8,10H,4-7H2,(H,14,17)(H,15,16)/b2-1+. The average Bonchev–Trinajstić information content (AvgIpc) is 2.86. The third-order valence-electron chi connectivity index (χ3n) is 2.86. The number of hydrogen-bond acceptors (Lipinski definition) is 4. The highest BCUT2D eigenvalue weighted by molar-refractivity contribution is 7.99. The van der Waals surface area contributed by atoms with Gasteiger partial charge in [-0.25, -0.2) is 4.79 Å². The number of amides is 1. The SMILES string of the molecule is O=C(O)/C=C/c1ccsc1C(=O)NC1CCSCC1. The minimum Gasteiger partial charge on any atom is -0.478 e. The zero-order valence-corrected chi connectivity index (χ0v) is 11.9. The van der Waals surface area contributed by atoms with Crippen molar-refractivity contribution in [2.75, 3.05) is 11.5 Å². The zero-order valence-electron chi connectivity index (χ0n) is 10.3. The van der Waals surface area contributed by atoms with E-state index in [0.717, 1.165) is 30.4 Å². The first-order valence-corrected chi connectivity index (χ1v) is 8.07. The summed E-state index contributed by atoms with van der Waals surface area (Å²) in [7, 11) is 0. The van der Waals surface area contributed by atoms with Crippen molar-refractivity contribution in [3.8, 4) is 0 Å². The Morgan fingerprint density at radius 1 is 1.37 bits per heavy atom. The van der Waals surface area contributed by atoms with E-state index in [1.165, 1.54) is 17.4 Å². The fraction of sp³-hybridized carbons (Fsp3) is 0.385. The van der Waals surface area contributed by atoms with Crippen LogP contribution in [0.3, 0.4) is 0 Å². The molecule has 6 heteroatoms. The third-order valence-corrected chi connectivity index (χ3v) is 4.84.